The van der Waals surface area contributed by atoms with E-state index in [4.69, 9.17) is 0 Å². The van der Waals surface area contributed by atoms with Gasteiger partial charge < -0.3 is 15.2 Å². The largest absolute Gasteiger partial charge is 0.364 e. The number of rotatable bonds is 5. The number of hydrogen-bond donors (Lipinski definition) is 2. The highest BCUT2D eigenvalue weighted by Crippen LogP contribution is 2.20. The third kappa shape index (κ3) is 2.86. The monoisotopic (exact) mass is 337 g/mol. The van der Waals surface area contributed by atoms with E-state index in [0.717, 1.165) is 34.8 Å². The average molecular weight is 337 g/mol. The molecule has 8 heteroatoms. The Balaban J connectivity index is 1.48. The van der Waals surface area contributed by atoms with E-state index in [1.165, 1.54) is 0 Å². The van der Waals surface area contributed by atoms with Gasteiger partial charge in [-0.15, -0.1) is 0 Å². The molecule has 0 radical (unpaired) electrons. The summed E-state index contributed by atoms with van der Waals surface area (Å²) in [5, 5.41) is 6.12. The van der Waals surface area contributed by atoms with Crippen molar-refractivity contribution in [2.24, 2.45) is 0 Å². The zero-order chi connectivity index (χ0) is 17.2. The standard InChI is InChI=1S/C17H19N7O/c1-2-23-11-22-14-15(20-10-21-16(14)23)19-9-12-3-5-13(6-4-12)24-8-7-18-17(24)25/h3-6,10-11H,2,7-9H2,1H3,(H,18,25)(H,19,20,21). The molecule has 2 amide bonds. The lowest BCUT2D eigenvalue weighted by atomic mass is 10.2. The van der Waals surface area contributed by atoms with E-state index < -0.39 is 0 Å². The Kier molecular flexibility index (Phi) is 3.93. The maximum absolute atomic E-state index is 11.7. The summed E-state index contributed by atoms with van der Waals surface area (Å²) in [4.78, 5) is 26.4. The lowest BCUT2D eigenvalue weighted by Gasteiger charge is -2.14. The van der Waals surface area contributed by atoms with E-state index in [2.05, 4.69) is 32.5 Å². The minimum atomic E-state index is -0.0410. The van der Waals surface area contributed by atoms with Crippen molar-refractivity contribution in [1.29, 1.82) is 0 Å². The Bertz CT molecular complexity index is 903. The van der Waals surface area contributed by atoms with E-state index in [0.29, 0.717) is 19.6 Å². The Hall–Kier alpha value is -3.16. The molecule has 3 aromatic rings. The molecule has 4 rings (SSSR count). The van der Waals surface area contributed by atoms with Crippen LogP contribution in [0.1, 0.15) is 12.5 Å². The molecule has 0 saturated carbocycles. The summed E-state index contributed by atoms with van der Waals surface area (Å²) in [5.41, 5.74) is 3.61. The number of aryl methyl sites for hydroxylation is 1. The Morgan fingerprint density at radius 3 is 2.76 bits per heavy atom. The fourth-order valence-corrected chi connectivity index (χ4v) is 2.94. The summed E-state index contributed by atoms with van der Waals surface area (Å²) in [6.07, 6.45) is 3.33. The van der Waals surface area contributed by atoms with Crippen LogP contribution in [0.25, 0.3) is 11.2 Å². The fraction of sp³-hybridized carbons (Fsp3) is 0.294. The molecule has 1 aliphatic heterocycles. The lowest BCUT2D eigenvalue weighted by molar-refractivity contribution is 0.252. The van der Waals surface area contributed by atoms with Crippen LogP contribution in [0.3, 0.4) is 0 Å². The van der Waals surface area contributed by atoms with Crippen molar-refractivity contribution in [2.75, 3.05) is 23.3 Å². The number of imidazole rings is 1. The van der Waals surface area contributed by atoms with Gasteiger partial charge in [0.15, 0.2) is 11.5 Å². The van der Waals surface area contributed by atoms with Crippen LogP contribution in [0.15, 0.2) is 36.9 Å². The van der Waals surface area contributed by atoms with Gasteiger partial charge in [0.2, 0.25) is 0 Å². The molecule has 0 unspecified atom stereocenters. The van der Waals surface area contributed by atoms with Crippen molar-refractivity contribution in [3.63, 3.8) is 0 Å². The molecule has 0 spiro atoms. The zero-order valence-corrected chi connectivity index (χ0v) is 13.9. The summed E-state index contributed by atoms with van der Waals surface area (Å²) in [7, 11) is 0. The number of amides is 2. The Morgan fingerprint density at radius 2 is 2.04 bits per heavy atom. The number of nitrogens with one attached hydrogen (secondary N) is 2. The molecule has 2 aromatic heterocycles. The molecule has 2 N–H and O–H groups in total. The number of nitrogens with zero attached hydrogens (tertiary/aromatic N) is 5. The number of hydrogen-bond acceptors (Lipinski definition) is 5. The van der Waals surface area contributed by atoms with Crippen molar-refractivity contribution < 1.29 is 4.79 Å². The number of aromatic nitrogens is 4. The van der Waals surface area contributed by atoms with E-state index in [9.17, 15) is 4.79 Å². The Labute approximate surface area is 144 Å². The van der Waals surface area contributed by atoms with Gasteiger partial charge in [0.05, 0.1) is 6.33 Å². The molecule has 0 atom stereocenters. The van der Waals surface area contributed by atoms with Crippen LogP contribution < -0.4 is 15.5 Å². The summed E-state index contributed by atoms with van der Waals surface area (Å²) < 4.78 is 1.98. The summed E-state index contributed by atoms with van der Waals surface area (Å²) in [6, 6.07) is 7.90. The lowest BCUT2D eigenvalue weighted by Crippen LogP contribution is -2.27. The van der Waals surface area contributed by atoms with E-state index >= 15 is 0 Å². The highest BCUT2D eigenvalue weighted by molar-refractivity contribution is 5.94. The first-order valence-electron chi connectivity index (χ1n) is 8.30. The third-order valence-electron chi connectivity index (χ3n) is 4.31. The van der Waals surface area contributed by atoms with Gasteiger partial charge in [-0.25, -0.2) is 19.7 Å². The number of urea groups is 1. The van der Waals surface area contributed by atoms with Crippen molar-refractivity contribution in [1.82, 2.24) is 24.8 Å². The topological polar surface area (TPSA) is 88.0 Å². The van der Waals surface area contributed by atoms with Crippen molar-refractivity contribution in [3.8, 4) is 0 Å². The molecule has 1 saturated heterocycles. The predicted octanol–water partition coefficient (Wildman–Crippen LogP) is 1.99. The molecule has 1 fully saturated rings. The van der Waals surface area contributed by atoms with Gasteiger partial charge in [-0.2, -0.15) is 0 Å². The summed E-state index contributed by atoms with van der Waals surface area (Å²) in [5.74, 6) is 0.722. The molecule has 0 aliphatic carbocycles. The first-order valence-corrected chi connectivity index (χ1v) is 8.30. The van der Waals surface area contributed by atoms with E-state index in [1.54, 1.807) is 17.6 Å². The van der Waals surface area contributed by atoms with Crippen LogP contribution in [-0.2, 0) is 13.1 Å². The van der Waals surface area contributed by atoms with Gasteiger partial charge in [-0.1, -0.05) is 12.1 Å². The van der Waals surface area contributed by atoms with Crippen molar-refractivity contribution in [2.45, 2.75) is 20.0 Å². The minimum Gasteiger partial charge on any atom is -0.364 e. The molecule has 0 bridgehead atoms. The first-order chi connectivity index (χ1) is 12.3. The average Bonchev–Trinajstić information content (AvgIpc) is 3.26. The van der Waals surface area contributed by atoms with Gasteiger partial charge in [0, 0.05) is 31.9 Å². The number of fused-ring (bicyclic) bond motifs is 1. The smallest absolute Gasteiger partial charge is 0.321 e. The van der Waals surface area contributed by atoms with Gasteiger partial charge in [0.1, 0.15) is 11.8 Å². The summed E-state index contributed by atoms with van der Waals surface area (Å²) in [6.45, 7) is 4.89. The Morgan fingerprint density at radius 1 is 1.20 bits per heavy atom. The molecule has 8 nitrogen and oxygen atoms in total. The highest BCUT2D eigenvalue weighted by Gasteiger charge is 2.20. The number of carbonyl (C=O) groups is 1. The van der Waals surface area contributed by atoms with Crippen LogP contribution in [-0.4, -0.2) is 38.6 Å². The van der Waals surface area contributed by atoms with E-state index in [-0.39, 0.29) is 6.03 Å². The van der Waals surface area contributed by atoms with Gasteiger partial charge in [0.25, 0.3) is 0 Å². The fourth-order valence-electron chi connectivity index (χ4n) is 2.94. The quantitative estimate of drug-likeness (QED) is 0.743. The van der Waals surface area contributed by atoms with Crippen LogP contribution >= 0.6 is 0 Å². The van der Waals surface area contributed by atoms with Crippen LogP contribution in [0.4, 0.5) is 16.3 Å². The molecular formula is C17H19N7O. The second kappa shape index (κ2) is 6.39. The first kappa shape index (κ1) is 15.4. The van der Waals surface area contributed by atoms with Gasteiger partial charge in [-0.3, -0.25) is 4.90 Å². The van der Waals surface area contributed by atoms with Crippen molar-refractivity contribution >= 4 is 28.7 Å². The maximum Gasteiger partial charge on any atom is 0.321 e. The van der Waals surface area contributed by atoms with Crippen LogP contribution in [0.2, 0.25) is 0 Å². The minimum absolute atomic E-state index is 0.0410. The highest BCUT2D eigenvalue weighted by atomic mass is 16.2. The second-order valence-electron chi connectivity index (χ2n) is 5.83. The van der Waals surface area contributed by atoms with Crippen LogP contribution in [0, 0.1) is 0 Å². The predicted molar refractivity (Wildman–Crippen MR) is 95.5 cm³/mol. The summed E-state index contributed by atoms with van der Waals surface area (Å²) >= 11 is 0. The second-order valence-corrected chi connectivity index (χ2v) is 5.83. The third-order valence-corrected chi connectivity index (χ3v) is 4.31. The number of carbonyl (C=O) groups excluding carboxylic acids is 1. The number of benzene rings is 1. The normalized spacial score (nSPS) is 14.1. The SMILES string of the molecule is CCn1cnc2c(NCc3ccc(N4CCNC4=O)cc3)ncnc21. The van der Waals surface area contributed by atoms with Crippen molar-refractivity contribution in [3.05, 3.63) is 42.5 Å². The molecule has 1 aromatic carbocycles. The van der Waals surface area contributed by atoms with Gasteiger partial charge in [-0.05, 0) is 24.6 Å². The van der Waals surface area contributed by atoms with Gasteiger partial charge >= 0.3 is 6.03 Å². The van der Waals surface area contributed by atoms with E-state index in [1.807, 2.05) is 28.8 Å². The zero-order valence-electron chi connectivity index (χ0n) is 13.9. The molecule has 128 valence electrons. The number of anilines is 2. The maximum atomic E-state index is 11.7. The van der Waals surface area contributed by atoms with Crippen LogP contribution in [0.5, 0.6) is 0 Å². The molecular weight excluding hydrogens is 318 g/mol. The molecule has 3 heterocycles. The molecule has 25 heavy (non-hydrogen) atoms. The molecule has 1 aliphatic rings.